The number of fused-ring (bicyclic) bond motifs is 5. The number of allylic oxidation sites excluding steroid dienone is 2. The van der Waals surface area contributed by atoms with Gasteiger partial charge in [-0.15, -0.1) is 0 Å². The Morgan fingerprint density at radius 1 is 0.743 bits per heavy atom. The highest BCUT2D eigenvalue weighted by atomic mass is 35.5. The van der Waals surface area contributed by atoms with Gasteiger partial charge in [0.2, 0.25) is 11.8 Å². The minimum atomic E-state index is -1.11. The Kier molecular flexibility index (Phi) is 4.71. The van der Waals surface area contributed by atoms with E-state index >= 15 is 0 Å². The minimum absolute atomic E-state index is 0.0161. The van der Waals surface area contributed by atoms with Crippen LogP contribution in [0.4, 0.5) is 5.69 Å². The lowest BCUT2D eigenvalue weighted by molar-refractivity contribution is -0.134. The largest absolute Gasteiger partial charge is 0.298 e. The molecule has 4 atom stereocenters. The molecule has 1 aliphatic heterocycles. The number of imide groups is 1. The second-order valence-electron chi connectivity index (χ2n) is 9.78. The van der Waals surface area contributed by atoms with Crippen molar-refractivity contribution in [3.8, 4) is 0 Å². The highest BCUT2D eigenvalue weighted by Gasteiger charge is 2.79. The number of Topliss-reactive ketones (excluding diaryl/α,β-unsaturated/α-hetero) is 1. The Bertz CT molecular complexity index is 1410. The van der Waals surface area contributed by atoms with Crippen LogP contribution in [-0.2, 0) is 14.4 Å². The van der Waals surface area contributed by atoms with Crippen LogP contribution in [0.2, 0.25) is 5.02 Å². The Morgan fingerprint density at radius 2 is 1.26 bits per heavy atom. The number of carbonyl (C=O) groups excluding carboxylic acids is 3. The summed E-state index contributed by atoms with van der Waals surface area (Å²) in [6.07, 6.45) is 0.441. The first-order valence-electron chi connectivity index (χ1n) is 11.9. The summed E-state index contributed by atoms with van der Waals surface area (Å²) in [5.41, 5.74) is 1.91. The lowest BCUT2D eigenvalue weighted by Gasteiger charge is -2.37. The SMILES string of the molecule is CC[C@@]12C(=O)[C@@](C)(C(c3ccccc3)=C1c1ccccc1)[C@@H]1C(=O)N(c3ccc(Cl)cc3)C(=O)[C@@H]12. The van der Waals surface area contributed by atoms with E-state index < -0.39 is 22.7 Å². The van der Waals surface area contributed by atoms with Gasteiger partial charge in [0.15, 0.2) is 5.78 Å². The fourth-order valence-corrected chi connectivity index (χ4v) is 7.10. The van der Waals surface area contributed by atoms with Crippen molar-refractivity contribution in [2.45, 2.75) is 20.3 Å². The highest BCUT2D eigenvalue weighted by molar-refractivity contribution is 6.35. The maximum absolute atomic E-state index is 14.4. The number of rotatable bonds is 4. The molecule has 1 heterocycles. The first-order valence-corrected chi connectivity index (χ1v) is 12.3. The van der Waals surface area contributed by atoms with Crippen molar-refractivity contribution in [2.24, 2.45) is 22.7 Å². The number of carbonyl (C=O) groups is 3. The average molecular weight is 482 g/mol. The van der Waals surface area contributed by atoms with E-state index in [1.807, 2.05) is 74.5 Å². The van der Waals surface area contributed by atoms with Crippen LogP contribution in [0.3, 0.4) is 0 Å². The maximum atomic E-state index is 14.4. The molecule has 0 aromatic heterocycles. The summed E-state index contributed by atoms with van der Waals surface area (Å²) in [6.45, 7) is 3.83. The van der Waals surface area contributed by atoms with Crippen molar-refractivity contribution in [3.05, 3.63) is 101 Å². The van der Waals surface area contributed by atoms with E-state index in [1.54, 1.807) is 24.3 Å². The summed E-state index contributed by atoms with van der Waals surface area (Å²) in [4.78, 5) is 43.7. The normalized spacial score (nSPS) is 29.3. The second-order valence-corrected chi connectivity index (χ2v) is 10.2. The molecule has 2 fully saturated rings. The lowest BCUT2D eigenvalue weighted by Crippen LogP contribution is -2.41. The fourth-order valence-electron chi connectivity index (χ4n) is 6.97. The van der Waals surface area contributed by atoms with Crippen LogP contribution in [0.25, 0.3) is 11.1 Å². The predicted molar refractivity (Wildman–Crippen MR) is 136 cm³/mol. The quantitative estimate of drug-likeness (QED) is 0.426. The van der Waals surface area contributed by atoms with Gasteiger partial charge in [-0.3, -0.25) is 14.4 Å². The van der Waals surface area contributed by atoms with Crippen molar-refractivity contribution in [2.75, 3.05) is 4.90 Å². The number of hydrogen-bond acceptors (Lipinski definition) is 3. The Balaban J connectivity index is 1.64. The second kappa shape index (κ2) is 7.50. The number of hydrogen-bond donors (Lipinski definition) is 0. The van der Waals surface area contributed by atoms with Gasteiger partial charge in [-0.25, -0.2) is 4.90 Å². The van der Waals surface area contributed by atoms with E-state index in [9.17, 15) is 14.4 Å². The van der Waals surface area contributed by atoms with E-state index in [-0.39, 0.29) is 17.6 Å². The van der Waals surface area contributed by atoms with E-state index in [2.05, 4.69) is 0 Å². The number of benzene rings is 3. The standard InChI is InChI=1S/C30H24ClNO3/c1-3-30-23(19-12-8-5-9-13-19)22(18-10-6-4-7-11-18)29(2,28(30)35)24-25(30)27(34)32(26(24)33)21-16-14-20(31)15-17-21/h4-17,24-25H,3H2,1-2H3/t24-,25+,29-,30+/m0/s1. The molecule has 4 nitrogen and oxygen atoms in total. The molecule has 5 heteroatoms. The molecule has 0 spiro atoms. The van der Waals surface area contributed by atoms with Gasteiger partial charge in [0.1, 0.15) is 0 Å². The fraction of sp³-hybridized carbons (Fsp3) is 0.233. The summed E-state index contributed by atoms with van der Waals surface area (Å²) >= 11 is 6.06. The molecule has 0 radical (unpaired) electrons. The molecule has 2 bridgehead atoms. The first-order chi connectivity index (χ1) is 16.9. The molecule has 35 heavy (non-hydrogen) atoms. The van der Waals surface area contributed by atoms with Crippen molar-refractivity contribution < 1.29 is 14.4 Å². The van der Waals surface area contributed by atoms with Crippen molar-refractivity contribution in [1.29, 1.82) is 0 Å². The average Bonchev–Trinajstić information content (AvgIpc) is 3.35. The van der Waals surface area contributed by atoms with Crippen molar-refractivity contribution in [1.82, 2.24) is 0 Å². The minimum Gasteiger partial charge on any atom is -0.298 e. The molecule has 3 aromatic carbocycles. The molecule has 2 amide bonds. The summed E-state index contributed by atoms with van der Waals surface area (Å²) < 4.78 is 0. The van der Waals surface area contributed by atoms with Crippen LogP contribution in [0.1, 0.15) is 31.4 Å². The van der Waals surface area contributed by atoms with Crippen LogP contribution in [0, 0.1) is 22.7 Å². The molecule has 6 rings (SSSR count). The third-order valence-electron chi connectivity index (χ3n) is 8.32. The molecule has 3 aliphatic rings. The van der Waals surface area contributed by atoms with Gasteiger partial charge in [0.25, 0.3) is 0 Å². The van der Waals surface area contributed by atoms with Crippen LogP contribution in [-0.4, -0.2) is 17.6 Å². The third kappa shape index (κ3) is 2.61. The van der Waals surface area contributed by atoms with Gasteiger partial charge >= 0.3 is 0 Å². The molecule has 3 aromatic rings. The zero-order valence-corrected chi connectivity index (χ0v) is 20.3. The van der Waals surface area contributed by atoms with E-state index in [0.717, 1.165) is 22.3 Å². The smallest absolute Gasteiger partial charge is 0.239 e. The van der Waals surface area contributed by atoms with Gasteiger partial charge in [-0.2, -0.15) is 0 Å². The van der Waals surface area contributed by atoms with Crippen LogP contribution in [0.15, 0.2) is 84.9 Å². The van der Waals surface area contributed by atoms with Gasteiger partial charge in [-0.05, 0) is 59.9 Å². The maximum Gasteiger partial charge on any atom is 0.239 e. The Hall–Kier alpha value is -3.50. The topological polar surface area (TPSA) is 54.5 Å². The zero-order valence-electron chi connectivity index (χ0n) is 19.5. The van der Waals surface area contributed by atoms with Crippen molar-refractivity contribution in [3.63, 3.8) is 0 Å². The van der Waals surface area contributed by atoms with Gasteiger partial charge in [-0.1, -0.05) is 79.2 Å². The van der Waals surface area contributed by atoms with Crippen molar-refractivity contribution >= 4 is 46.0 Å². The number of anilines is 1. The van der Waals surface area contributed by atoms with Gasteiger partial charge in [0, 0.05) is 5.02 Å². The molecule has 1 saturated heterocycles. The van der Waals surface area contributed by atoms with Crippen LogP contribution >= 0.6 is 11.6 Å². The number of ketones is 1. The number of halogens is 1. The van der Waals surface area contributed by atoms with E-state index in [0.29, 0.717) is 17.1 Å². The Labute approximate surface area is 209 Å². The summed E-state index contributed by atoms with van der Waals surface area (Å²) in [7, 11) is 0. The molecule has 2 aliphatic carbocycles. The molecule has 1 saturated carbocycles. The molecule has 0 N–H and O–H groups in total. The lowest BCUT2D eigenvalue weighted by atomic mass is 9.62. The summed E-state index contributed by atoms with van der Waals surface area (Å²) in [5.74, 6) is -2.12. The predicted octanol–water partition coefficient (Wildman–Crippen LogP) is 6.06. The van der Waals surface area contributed by atoms with Crippen LogP contribution < -0.4 is 4.90 Å². The number of nitrogens with zero attached hydrogens (tertiary/aromatic N) is 1. The van der Waals surface area contributed by atoms with Gasteiger partial charge < -0.3 is 0 Å². The molecular formula is C30H24ClNO3. The van der Waals surface area contributed by atoms with Crippen LogP contribution in [0.5, 0.6) is 0 Å². The molecule has 174 valence electrons. The number of amides is 2. The highest BCUT2D eigenvalue weighted by Crippen LogP contribution is 2.74. The molecular weight excluding hydrogens is 458 g/mol. The monoisotopic (exact) mass is 481 g/mol. The zero-order chi connectivity index (χ0) is 24.5. The summed E-state index contributed by atoms with van der Waals surface area (Å²) in [6, 6.07) is 26.4. The van der Waals surface area contributed by atoms with Gasteiger partial charge in [0.05, 0.1) is 28.4 Å². The first kappa shape index (κ1) is 22.0. The molecule has 0 unspecified atom stereocenters. The third-order valence-corrected chi connectivity index (χ3v) is 8.57. The van der Waals surface area contributed by atoms with E-state index in [4.69, 9.17) is 11.6 Å². The summed E-state index contributed by atoms with van der Waals surface area (Å²) in [5, 5.41) is 0.527. The Morgan fingerprint density at radius 3 is 1.80 bits per heavy atom. The van der Waals surface area contributed by atoms with E-state index in [1.165, 1.54) is 4.90 Å².